The zero-order valence-corrected chi connectivity index (χ0v) is 14.5. The van der Waals surface area contributed by atoms with E-state index in [1.54, 1.807) is 37.5 Å². The van der Waals surface area contributed by atoms with Crippen molar-refractivity contribution < 1.29 is 9.18 Å². The van der Waals surface area contributed by atoms with Gasteiger partial charge in [-0.3, -0.25) is 9.78 Å². The second-order valence-electron chi connectivity index (χ2n) is 5.74. The fourth-order valence-electron chi connectivity index (χ4n) is 2.56. The topological polar surface area (TPSA) is 58.1 Å². The Morgan fingerprint density at radius 3 is 2.62 bits per heavy atom. The van der Waals surface area contributed by atoms with E-state index in [0.29, 0.717) is 11.4 Å². The number of Topliss-reactive ketones (excluding diaryl/α,β-unsaturated/α-hetero) is 1. The highest BCUT2D eigenvalue weighted by molar-refractivity contribution is 6.00. The fraction of sp³-hybridized carbons (Fsp3) is 0.0952. The summed E-state index contributed by atoms with van der Waals surface area (Å²) in [6.45, 7) is 3.32. The molecule has 3 rings (SSSR count). The molecule has 3 aromatic rings. The quantitative estimate of drug-likeness (QED) is 0.502. The molecule has 0 aliphatic heterocycles. The Labute approximate surface area is 151 Å². The predicted molar refractivity (Wildman–Crippen MR) is 103 cm³/mol. The number of nitrogens with one attached hydrogen (secondary N) is 1. The van der Waals surface area contributed by atoms with Crippen LogP contribution < -0.4 is 0 Å². The minimum Gasteiger partial charge on any atom is -0.339 e. The Morgan fingerprint density at radius 2 is 1.92 bits per heavy atom. The number of hydrogen-bond acceptors (Lipinski definition) is 3. The molecule has 0 bridgehead atoms. The van der Waals surface area contributed by atoms with E-state index in [9.17, 15) is 9.18 Å². The summed E-state index contributed by atoms with van der Waals surface area (Å²) >= 11 is 0. The normalized spacial score (nSPS) is 11.5. The summed E-state index contributed by atoms with van der Waals surface area (Å²) in [5.41, 5.74) is 3.90. The van der Waals surface area contributed by atoms with Crippen molar-refractivity contribution in [2.24, 2.45) is 4.99 Å². The first kappa shape index (κ1) is 17.5. The second-order valence-corrected chi connectivity index (χ2v) is 5.74. The van der Waals surface area contributed by atoms with E-state index in [4.69, 9.17) is 0 Å². The van der Waals surface area contributed by atoms with E-state index in [2.05, 4.69) is 15.0 Å². The molecule has 1 aromatic carbocycles. The van der Waals surface area contributed by atoms with Gasteiger partial charge in [0.25, 0.3) is 0 Å². The van der Waals surface area contributed by atoms with Gasteiger partial charge in [0.2, 0.25) is 0 Å². The lowest BCUT2D eigenvalue weighted by Crippen LogP contribution is -1.88. The Morgan fingerprint density at radius 1 is 1.15 bits per heavy atom. The van der Waals surface area contributed by atoms with Crippen molar-refractivity contribution in [3.05, 3.63) is 71.3 Å². The number of aromatic nitrogens is 2. The van der Waals surface area contributed by atoms with Crippen LogP contribution in [0, 0.1) is 5.82 Å². The van der Waals surface area contributed by atoms with Gasteiger partial charge in [-0.1, -0.05) is 18.2 Å². The molecule has 5 heteroatoms. The molecule has 0 fully saturated rings. The smallest absolute Gasteiger partial charge is 0.163 e. The average Bonchev–Trinajstić information content (AvgIpc) is 3.06. The Balaban J connectivity index is 1.91. The number of carbonyl (C=O) groups excluding carboxylic acids is 1. The fourth-order valence-corrected chi connectivity index (χ4v) is 2.56. The minimum absolute atomic E-state index is 0.0430. The summed E-state index contributed by atoms with van der Waals surface area (Å²) in [7, 11) is 0. The molecule has 0 amide bonds. The molecule has 0 saturated heterocycles. The number of aromatic amines is 1. The van der Waals surface area contributed by atoms with Crippen LogP contribution in [0.3, 0.4) is 0 Å². The number of carbonyl (C=O) groups is 1. The summed E-state index contributed by atoms with van der Waals surface area (Å²) in [4.78, 5) is 23.5. The molecule has 0 unspecified atom stereocenters. The van der Waals surface area contributed by atoms with E-state index in [1.165, 1.54) is 19.1 Å². The molecule has 0 radical (unpaired) electrons. The van der Waals surface area contributed by atoms with Gasteiger partial charge in [0.15, 0.2) is 5.78 Å². The Kier molecular flexibility index (Phi) is 5.17. The van der Waals surface area contributed by atoms with E-state index in [1.807, 2.05) is 24.3 Å². The zero-order chi connectivity index (χ0) is 18.5. The molecule has 1 N–H and O–H groups in total. The van der Waals surface area contributed by atoms with Crippen molar-refractivity contribution >= 4 is 30.0 Å². The van der Waals surface area contributed by atoms with Crippen LogP contribution in [-0.4, -0.2) is 22.0 Å². The van der Waals surface area contributed by atoms with Crippen molar-refractivity contribution in [1.82, 2.24) is 9.97 Å². The number of pyridine rings is 1. The first-order valence-corrected chi connectivity index (χ1v) is 8.19. The van der Waals surface area contributed by atoms with Crippen LogP contribution in [-0.2, 0) is 0 Å². The van der Waals surface area contributed by atoms with E-state index in [0.717, 1.165) is 22.5 Å². The molecule has 0 aliphatic rings. The maximum Gasteiger partial charge on any atom is 0.163 e. The Bertz CT molecular complexity index is 985. The van der Waals surface area contributed by atoms with Crippen LogP contribution >= 0.6 is 0 Å². The predicted octanol–water partition coefficient (Wildman–Crippen LogP) is 5.31. The maximum absolute atomic E-state index is 13.0. The number of aliphatic imine (C=N–C) groups is 1. The molecule has 0 aliphatic carbocycles. The molecule has 0 saturated carbocycles. The van der Waals surface area contributed by atoms with Gasteiger partial charge in [0.05, 0.1) is 11.3 Å². The molecule has 26 heavy (non-hydrogen) atoms. The van der Waals surface area contributed by atoms with Crippen molar-refractivity contribution in [3.63, 3.8) is 0 Å². The van der Waals surface area contributed by atoms with Crippen LogP contribution in [0.25, 0.3) is 23.4 Å². The number of hydrogen-bond donors (Lipinski definition) is 1. The highest BCUT2D eigenvalue weighted by Crippen LogP contribution is 2.27. The summed E-state index contributed by atoms with van der Waals surface area (Å²) in [6.07, 6.45) is 7.08. The monoisotopic (exact) mass is 347 g/mol. The number of rotatable bonds is 5. The van der Waals surface area contributed by atoms with E-state index < -0.39 is 0 Å². The van der Waals surface area contributed by atoms with Gasteiger partial charge in [-0.2, -0.15) is 0 Å². The SMILES string of the molecule is C/C=N\c1[nH]c(-c2ccnc(/C=C/c3ccc(F)cc3)c2)cc1C(C)=O. The molecule has 130 valence electrons. The Hall–Kier alpha value is -3.34. The highest BCUT2D eigenvalue weighted by Gasteiger charge is 2.12. The van der Waals surface area contributed by atoms with Crippen LogP contribution in [0.4, 0.5) is 10.2 Å². The molecule has 2 aromatic heterocycles. The summed E-state index contributed by atoms with van der Waals surface area (Å²) in [6, 6.07) is 11.8. The molecule has 0 atom stereocenters. The lowest BCUT2D eigenvalue weighted by Gasteiger charge is -2.00. The van der Waals surface area contributed by atoms with E-state index >= 15 is 0 Å². The van der Waals surface area contributed by atoms with Crippen LogP contribution in [0.15, 0.2) is 53.7 Å². The van der Waals surface area contributed by atoms with Gasteiger partial charge in [0, 0.05) is 23.7 Å². The minimum atomic E-state index is -0.263. The zero-order valence-electron chi connectivity index (χ0n) is 14.5. The van der Waals surface area contributed by atoms with Crippen LogP contribution in [0.5, 0.6) is 0 Å². The lowest BCUT2D eigenvalue weighted by molar-refractivity contribution is 0.101. The third-order valence-electron chi connectivity index (χ3n) is 3.84. The lowest BCUT2D eigenvalue weighted by atomic mass is 10.1. The molecular formula is C21H18FN3O. The number of benzene rings is 1. The maximum atomic E-state index is 13.0. The largest absolute Gasteiger partial charge is 0.339 e. The van der Waals surface area contributed by atoms with Gasteiger partial charge in [-0.25, -0.2) is 9.38 Å². The van der Waals surface area contributed by atoms with Crippen LogP contribution in [0.2, 0.25) is 0 Å². The average molecular weight is 347 g/mol. The summed E-state index contributed by atoms with van der Waals surface area (Å²) < 4.78 is 13.0. The first-order valence-electron chi connectivity index (χ1n) is 8.19. The third kappa shape index (κ3) is 4.00. The van der Waals surface area contributed by atoms with Crippen molar-refractivity contribution in [1.29, 1.82) is 0 Å². The van der Waals surface area contributed by atoms with Gasteiger partial charge in [0.1, 0.15) is 11.6 Å². The second kappa shape index (κ2) is 7.70. The van der Waals surface area contributed by atoms with Crippen molar-refractivity contribution in [3.8, 4) is 11.3 Å². The number of H-pyrrole nitrogens is 1. The molecule has 0 spiro atoms. The number of halogens is 1. The van der Waals surface area contributed by atoms with Crippen LogP contribution in [0.1, 0.15) is 35.5 Å². The third-order valence-corrected chi connectivity index (χ3v) is 3.84. The highest BCUT2D eigenvalue weighted by atomic mass is 19.1. The molecule has 4 nitrogen and oxygen atoms in total. The molecular weight excluding hydrogens is 329 g/mol. The summed E-state index contributed by atoms with van der Waals surface area (Å²) in [5, 5.41) is 0. The van der Waals surface area contributed by atoms with E-state index in [-0.39, 0.29) is 11.6 Å². The standard InChI is InChI=1S/C21H18FN3O/c1-3-23-21-19(14(2)26)13-20(25-21)16-10-11-24-18(12-16)9-6-15-4-7-17(22)8-5-15/h3-13,25H,1-2H3/b9-6+,23-3-. The number of nitrogens with zero attached hydrogens (tertiary/aromatic N) is 2. The van der Waals surface area contributed by atoms with Gasteiger partial charge >= 0.3 is 0 Å². The van der Waals surface area contributed by atoms with Gasteiger partial charge in [-0.15, -0.1) is 0 Å². The van der Waals surface area contributed by atoms with Gasteiger partial charge < -0.3 is 4.98 Å². The van der Waals surface area contributed by atoms with Crippen molar-refractivity contribution in [2.75, 3.05) is 0 Å². The summed E-state index contributed by atoms with van der Waals surface area (Å²) in [5.74, 6) is 0.245. The van der Waals surface area contributed by atoms with Gasteiger partial charge in [-0.05, 0) is 55.8 Å². The first-order chi connectivity index (χ1) is 12.6. The van der Waals surface area contributed by atoms with Crippen molar-refractivity contribution in [2.45, 2.75) is 13.8 Å². The number of ketones is 1. The molecule has 2 heterocycles.